The summed E-state index contributed by atoms with van der Waals surface area (Å²) >= 11 is 0. The second-order valence-electron chi connectivity index (χ2n) is 4.07. The van der Waals surface area contributed by atoms with Gasteiger partial charge in [-0.15, -0.1) is 0 Å². The molecule has 2 rings (SSSR count). The van der Waals surface area contributed by atoms with Gasteiger partial charge in [0.15, 0.2) is 0 Å². The molecule has 0 unspecified atom stereocenters. The molecule has 2 aromatic rings. The van der Waals surface area contributed by atoms with E-state index in [4.69, 9.17) is 4.74 Å². The summed E-state index contributed by atoms with van der Waals surface area (Å²) in [6, 6.07) is 10.5. The molecular weight excluding hydrogens is 395 g/mol. The number of hydrogen-bond acceptors (Lipinski definition) is 5. The zero-order valence-corrected chi connectivity index (χ0v) is 13.6. The third-order valence-electron chi connectivity index (χ3n) is 2.73. The van der Waals surface area contributed by atoms with E-state index in [0.717, 1.165) is 0 Å². The minimum absolute atomic E-state index is 0. The molecule has 0 fully saturated rings. The molecular formula is C15H15N2O5Pd+. The number of methoxy groups -OCH3 is 1. The second kappa shape index (κ2) is 9.59. The van der Waals surface area contributed by atoms with E-state index in [0.29, 0.717) is 0 Å². The molecule has 0 aromatic heterocycles. The van der Waals surface area contributed by atoms with Crippen LogP contribution in [0.25, 0.3) is 0 Å². The third kappa shape index (κ3) is 5.07. The van der Waals surface area contributed by atoms with E-state index in [9.17, 15) is 15.0 Å². The van der Waals surface area contributed by atoms with Crippen molar-refractivity contribution in [3.05, 3.63) is 53.6 Å². The number of para-hydroxylation sites is 2. The van der Waals surface area contributed by atoms with Gasteiger partial charge < -0.3 is 20.4 Å². The number of rotatable bonds is 4. The first-order valence-electron chi connectivity index (χ1n) is 6.07. The van der Waals surface area contributed by atoms with Gasteiger partial charge in [0.05, 0.1) is 13.3 Å². The van der Waals surface area contributed by atoms with Crippen LogP contribution in [0.1, 0.15) is 15.9 Å². The Morgan fingerprint density at radius 1 is 1.17 bits per heavy atom. The summed E-state index contributed by atoms with van der Waals surface area (Å²) in [5, 5.41) is 26.9. The Balaban J connectivity index is 0.00000242. The third-order valence-corrected chi connectivity index (χ3v) is 2.73. The Bertz CT molecular complexity index is 691. The molecule has 0 spiro atoms. The van der Waals surface area contributed by atoms with Crippen LogP contribution in [0.5, 0.6) is 17.2 Å². The predicted octanol–water partition coefficient (Wildman–Crippen LogP) is -0.318. The summed E-state index contributed by atoms with van der Waals surface area (Å²) in [5.74, 6) is -1.17. The first-order chi connectivity index (χ1) is 10.1. The topological polar surface area (TPSA) is 130 Å². The van der Waals surface area contributed by atoms with E-state index in [2.05, 4.69) is 10.5 Å². The molecule has 1 amide bonds. The quantitative estimate of drug-likeness (QED) is 0.321. The molecule has 2 aromatic carbocycles. The Kier molecular flexibility index (Phi) is 8.59. The molecule has 0 radical (unpaired) electrons. The molecule has 0 saturated heterocycles. The van der Waals surface area contributed by atoms with Gasteiger partial charge in [-0.2, -0.15) is 5.10 Å². The molecule has 124 valence electrons. The molecule has 8 heteroatoms. The summed E-state index contributed by atoms with van der Waals surface area (Å²) in [6.45, 7) is 0. The van der Waals surface area contributed by atoms with Gasteiger partial charge in [0, 0.05) is 5.56 Å². The van der Waals surface area contributed by atoms with Crippen LogP contribution in [0.2, 0.25) is 0 Å². The van der Waals surface area contributed by atoms with Gasteiger partial charge in [-0.25, -0.2) is 5.43 Å². The zero-order chi connectivity index (χ0) is 15.2. The van der Waals surface area contributed by atoms with Crippen molar-refractivity contribution >= 4 is 12.1 Å². The number of nitrogens with one attached hydrogen (secondary N) is 1. The van der Waals surface area contributed by atoms with Crippen LogP contribution in [0, 0.1) is 0 Å². The average molecular weight is 410 g/mol. The van der Waals surface area contributed by atoms with Gasteiger partial charge in [-0.1, -0.05) is 47.9 Å². The molecule has 0 bridgehead atoms. The van der Waals surface area contributed by atoms with Crippen LogP contribution < -0.4 is 20.4 Å². The number of amides is 1. The van der Waals surface area contributed by atoms with E-state index in [1.807, 2.05) is 0 Å². The fourth-order valence-electron chi connectivity index (χ4n) is 1.67. The van der Waals surface area contributed by atoms with E-state index >= 15 is 0 Å². The SMILES string of the molecule is COc1cccc(/C=N/NC(=O)c2ccccc2[O-])c1[O-].[OH3+].[Pd+2]. The number of carbonyl (C=O) groups is 1. The van der Waals surface area contributed by atoms with E-state index in [1.54, 1.807) is 24.3 Å². The summed E-state index contributed by atoms with van der Waals surface area (Å²) in [5.41, 5.74) is 2.46. The van der Waals surface area contributed by atoms with Crippen molar-refractivity contribution in [1.82, 2.24) is 5.43 Å². The Hall–Kier alpha value is -2.40. The summed E-state index contributed by atoms with van der Waals surface area (Å²) in [6.07, 6.45) is 1.20. The number of ether oxygens (including phenoxy) is 1. The number of nitrogens with zero attached hydrogens (tertiary/aromatic N) is 1. The molecule has 0 saturated carbocycles. The second-order valence-corrected chi connectivity index (χ2v) is 4.07. The summed E-state index contributed by atoms with van der Waals surface area (Å²) in [7, 11) is 1.39. The molecule has 0 aliphatic rings. The molecule has 7 nitrogen and oxygen atoms in total. The minimum Gasteiger partial charge on any atom is -0.872 e. The molecule has 0 heterocycles. The normalized spacial score (nSPS) is 9.61. The molecule has 0 atom stereocenters. The monoisotopic (exact) mass is 409 g/mol. The first-order valence-corrected chi connectivity index (χ1v) is 6.07. The first kappa shape index (κ1) is 20.6. The molecule has 23 heavy (non-hydrogen) atoms. The van der Waals surface area contributed by atoms with Gasteiger partial charge in [-0.05, 0) is 11.6 Å². The molecule has 0 aliphatic heterocycles. The van der Waals surface area contributed by atoms with Crippen molar-refractivity contribution in [3.63, 3.8) is 0 Å². The van der Waals surface area contributed by atoms with Crippen molar-refractivity contribution in [2.24, 2.45) is 5.10 Å². The van der Waals surface area contributed by atoms with Crippen LogP contribution in [0.15, 0.2) is 47.6 Å². The van der Waals surface area contributed by atoms with Crippen molar-refractivity contribution in [2.45, 2.75) is 0 Å². The largest absolute Gasteiger partial charge is 2.00 e. The maximum atomic E-state index is 11.8. The summed E-state index contributed by atoms with van der Waals surface area (Å²) < 4.78 is 4.90. The van der Waals surface area contributed by atoms with Crippen LogP contribution in [0.4, 0.5) is 0 Å². The number of carbonyl (C=O) groups excluding carboxylic acids is 1. The van der Waals surface area contributed by atoms with Crippen molar-refractivity contribution in [1.29, 1.82) is 0 Å². The number of hydrazone groups is 1. The van der Waals surface area contributed by atoms with E-state index in [1.165, 1.54) is 31.5 Å². The predicted molar refractivity (Wildman–Crippen MR) is 78.3 cm³/mol. The Morgan fingerprint density at radius 3 is 2.52 bits per heavy atom. The van der Waals surface area contributed by atoms with Gasteiger partial charge in [0.2, 0.25) is 0 Å². The van der Waals surface area contributed by atoms with E-state index in [-0.39, 0.29) is 48.5 Å². The zero-order valence-electron chi connectivity index (χ0n) is 12.1. The van der Waals surface area contributed by atoms with Crippen LogP contribution >= 0.6 is 0 Å². The smallest absolute Gasteiger partial charge is 0.872 e. The van der Waals surface area contributed by atoms with Crippen molar-refractivity contribution in [3.8, 4) is 17.2 Å². The van der Waals surface area contributed by atoms with Gasteiger partial charge >= 0.3 is 20.4 Å². The Labute approximate surface area is 146 Å². The van der Waals surface area contributed by atoms with Gasteiger partial charge in [0.1, 0.15) is 5.75 Å². The minimum atomic E-state index is -0.632. The van der Waals surface area contributed by atoms with Crippen LogP contribution in [-0.4, -0.2) is 19.2 Å². The van der Waals surface area contributed by atoms with E-state index < -0.39 is 11.7 Å². The van der Waals surface area contributed by atoms with Crippen molar-refractivity contribution < 1.29 is 45.6 Å². The summed E-state index contributed by atoms with van der Waals surface area (Å²) in [4.78, 5) is 11.7. The molecule has 0 aliphatic carbocycles. The fourth-order valence-corrected chi connectivity index (χ4v) is 1.67. The Morgan fingerprint density at radius 2 is 1.87 bits per heavy atom. The maximum absolute atomic E-state index is 11.8. The van der Waals surface area contributed by atoms with Crippen LogP contribution in [-0.2, 0) is 25.9 Å². The number of hydrogen-bond donors (Lipinski definition) is 1. The molecule has 4 N–H and O–H groups in total. The average Bonchev–Trinajstić information content (AvgIpc) is 2.49. The fraction of sp³-hybridized carbons (Fsp3) is 0.0667. The van der Waals surface area contributed by atoms with Crippen LogP contribution in [0.3, 0.4) is 0 Å². The standard InChI is InChI=1S/C15H14N2O4.H2O.Pd/c1-21-13-8-4-5-10(14(13)19)9-16-17-15(20)11-6-2-3-7-12(11)18;;/h2-9,18-19H,1H3,(H,17,20);1H2;/q;;+2/p-1/b16-9+;;. The van der Waals surface area contributed by atoms with Gasteiger partial charge in [-0.3, -0.25) is 4.79 Å². The van der Waals surface area contributed by atoms with Gasteiger partial charge in [0.25, 0.3) is 5.91 Å². The maximum Gasteiger partial charge on any atom is 2.00 e. The van der Waals surface area contributed by atoms with Crippen molar-refractivity contribution in [2.75, 3.05) is 7.11 Å². The number of benzene rings is 2.